The van der Waals surface area contributed by atoms with Crippen molar-refractivity contribution in [3.8, 4) is 0 Å². The maximum Gasteiger partial charge on any atom is 0.236 e. The Kier molecular flexibility index (Phi) is 6.01. The SMILES string of the molecule is Cc1cccc(Nc2cc(C)nc([C@@H]3CCCN(C(=O)CN(C)C)C3)n2)n1. The molecule has 2 aromatic heterocycles. The highest BCUT2D eigenvalue weighted by Crippen LogP contribution is 2.26. The lowest BCUT2D eigenvalue weighted by atomic mass is 9.97. The molecule has 2 aromatic rings. The maximum atomic E-state index is 12.4. The molecule has 3 rings (SSSR count). The quantitative estimate of drug-likeness (QED) is 0.874. The molecule has 7 heteroatoms. The molecule has 1 fully saturated rings. The van der Waals surface area contributed by atoms with Gasteiger partial charge in [-0.25, -0.2) is 15.0 Å². The topological polar surface area (TPSA) is 74.2 Å². The molecule has 1 aliphatic rings. The van der Waals surface area contributed by atoms with Crippen molar-refractivity contribution in [3.63, 3.8) is 0 Å². The third kappa shape index (κ3) is 5.23. The number of carbonyl (C=O) groups excluding carboxylic acids is 1. The van der Waals surface area contributed by atoms with Crippen LogP contribution in [0.15, 0.2) is 24.3 Å². The summed E-state index contributed by atoms with van der Waals surface area (Å²) < 4.78 is 0. The zero-order valence-corrected chi connectivity index (χ0v) is 16.6. The summed E-state index contributed by atoms with van der Waals surface area (Å²) in [6.07, 6.45) is 1.97. The smallest absolute Gasteiger partial charge is 0.236 e. The number of rotatable bonds is 5. The zero-order valence-electron chi connectivity index (χ0n) is 16.6. The molecule has 3 heterocycles. The van der Waals surface area contributed by atoms with Gasteiger partial charge in [0.25, 0.3) is 0 Å². The van der Waals surface area contributed by atoms with E-state index in [1.165, 1.54) is 0 Å². The maximum absolute atomic E-state index is 12.4. The highest BCUT2D eigenvalue weighted by molar-refractivity contribution is 5.78. The molecule has 0 spiro atoms. The number of anilines is 2. The number of hydrogen-bond acceptors (Lipinski definition) is 6. The monoisotopic (exact) mass is 368 g/mol. The number of carbonyl (C=O) groups is 1. The molecule has 1 amide bonds. The Morgan fingerprint density at radius 3 is 2.74 bits per heavy atom. The minimum absolute atomic E-state index is 0.163. The number of aromatic nitrogens is 3. The number of nitrogens with one attached hydrogen (secondary N) is 1. The first-order valence-electron chi connectivity index (χ1n) is 9.39. The summed E-state index contributed by atoms with van der Waals surface area (Å²) >= 11 is 0. The van der Waals surface area contributed by atoms with E-state index in [1.54, 1.807) is 0 Å². The van der Waals surface area contributed by atoms with Crippen molar-refractivity contribution in [1.82, 2.24) is 24.8 Å². The third-order valence-corrected chi connectivity index (χ3v) is 4.61. The van der Waals surface area contributed by atoms with Crippen molar-refractivity contribution >= 4 is 17.5 Å². The van der Waals surface area contributed by atoms with Crippen molar-refractivity contribution in [3.05, 3.63) is 41.5 Å². The van der Waals surface area contributed by atoms with Crippen molar-refractivity contribution in [2.24, 2.45) is 0 Å². The van der Waals surface area contributed by atoms with Gasteiger partial charge >= 0.3 is 0 Å². The number of likely N-dealkylation sites (N-methyl/N-ethyl adjacent to an activating group) is 1. The number of amides is 1. The zero-order chi connectivity index (χ0) is 19.4. The summed E-state index contributed by atoms with van der Waals surface area (Å²) in [7, 11) is 3.83. The number of hydrogen-bond donors (Lipinski definition) is 1. The minimum Gasteiger partial charge on any atom is -0.341 e. The number of likely N-dealkylation sites (tertiary alicyclic amines) is 1. The second kappa shape index (κ2) is 8.43. The Morgan fingerprint density at radius 2 is 2.00 bits per heavy atom. The molecule has 0 saturated carbocycles. The van der Waals surface area contributed by atoms with E-state index in [-0.39, 0.29) is 11.8 Å². The van der Waals surface area contributed by atoms with Crippen LogP contribution >= 0.6 is 0 Å². The van der Waals surface area contributed by atoms with Crippen molar-refractivity contribution in [2.45, 2.75) is 32.6 Å². The Hall–Kier alpha value is -2.54. The van der Waals surface area contributed by atoms with Gasteiger partial charge in [0.2, 0.25) is 5.91 Å². The van der Waals surface area contributed by atoms with Crippen LogP contribution in [0.3, 0.4) is 0 Å². The van der Waals surface area contributed by atoms with Crippen LogP contribution in [0.2, 0.25) is 0 Å². The Morgan fingerprint density at radius 1 is 1.19 bits per heavy atom. The van der Waals surface area contributed by atoms with Crippen LogP contribution in [-0.2, 0) is 4.79 Å². The summed E-state index contributed by atoms with van der Waals surface area (Å²) in [4.78, 5) is 30.1. The lowest BCUT2D eigenvalue weighted by molar-refractivity contribution is -0.133. The lowest BCUT2D eigenvalue weighted by Gasteiger charge is -2.33. The third-order valence-electron chi connectivity index (χ3n) is 4.61. The van der Waals surface area contributed by atoms with E-state index in [2.05, 4.69) is 15.3 Å². The molecule has 7 nitrogen and oxygen atoms in total. The summed E-state index contributed by atoms with van der Waals surface area (Å²) in [5.74, 6) is 2.64. The first kappa shape index (κ1) is 19.2. The van der Waals surface area contributed by atoms with Crippen molar-refractivity contribution < 1.29 is 4.79 Å². The van der Waals surface area contributed by atoms with Crippen LogP contribution in [0, 0.1) is 13.8 Å². The highest BCUT2D eigenvalue weighted by Gasteiger charge is 2.27. The van der Waals surface area contributed by atoms with Crippen LogP contribution < -0.4 is 5.32 Å². The number of aryl methyl sites for hydroxylation is 2. The van der Waals surface area contributed by atoms with Crippen LogP contribution in [0.5, 0.6) is 0 Å². The average molecular weight is 368 g/mol. The summed E-state index contributed by atoms with van der Waals surface area (Å²) in [5.41, 5.74) is 1.86. The van der Waals surface area contributed by atoms with E-state index < -0.39 is 0 Å². The molecule has 27 heavy (non-hydrogen) atoms. The van der Waals surface area contributed by atoms with E-state index >= 15 is 0 Å². The summed E-state index contributed by atoms with van der Waals surface area (Å²) in [6, 6.07) is 7.77. The second-order valence-corrected chi connectivity index (χ2v) is 7.46. The standard InChI is InChI=1S/C20H28N6O/c1-14-7-5-9-17(21-14)23-18-11-15(2)22-20(24-18)16-8-6-10-26(12-16)19(27)13-25(3)4/h5,7,9,11,16H,6,8,10,12-13H2,1-4H3,(H,21,22,23,24)/t16-/m1/s1. The van der Waals surface area contributed by atoms with E-state index in [1.807, 2.05) is 62.0 Å². The highest BCUT2D eigenvalue weighted by atomic mass is 16.2. The molecule has 1 atom stereocenters. The van der Waals surface area contributed by atoms with Crippen LogP contribution in [0.25, 0.3) is 0 Å². The molecular weight excluding hydrogens is 340 g/mol. The van der Waals surface area contributed by atoms with Gasteiger partial charge in [-0.1, -0.05) is 6.07 Å². The fourth-order valence-electron chi connectivity index (χ4n) is 3.37. The molecule has 1 saturated heterocycles. The van der Waals surface area contributed by atoms with Crippen molar-refractivity contribution in [1.29, 1.82) is 0 Å². The minimum atomic E-state index is 0.163. The lowest BCUT2D eigenvalue weighted by Crippen LogP contribution is -2.43. The van der Waals surface area contributed by atoms with E-state index in [9.17, 15) is 4.79 Å². The number of piperidine rings is 1. The van der Waals surface area contributed by atoms with Crippen molar-refractivity contribution in [2.75, 3.05) is 39.0 Å². The van der Waals surface area contributed by atoms with Gasteiger partial charge in [0.05, 0.1) is 6.54 Å². The van der Waals surface area contributed by atoms with Gasteiger partial charge in [-0.2, -0.15) is 0 Å². The van der Waals surface area contributed by atoms with Crippen LogP contribution in [0.1, 0.15) is 36.0 Å². The number of nitrogens with zero attached hydrogens (tertiary/aromatic N) is 5. The van der Waals surface area contributed by atoms with E-state index in [0.717, 1.165) is 48.2 Å². The summed E-state index contributed by atoms with van der Waals surface area (Å²) in [6.45, 7) is 5.86. The second-order valence-electron chi connectivity index (χ2n) is 7.46. The molecule has 1 aliphatic heterocycles. The van der Waals surface area contributed by atoms with Gasteiger partial charge in [-0.05, 0) is 52.9 Å². The molecule has 0 bridgehead atoms. The number of pyridine rings is 1. The van der Waals surface area contributed by atoms with Gasteiger partial charge in [-0.3, -0.25) is 4.79 Å². The van der Waals surface area contributed by atoms with Gasteiger partial charge < -0.3 is 15.1 Å². The van der Waals surface area contributed by atoms with Gasteiger partial charge in [-0.15, -0.1) is 0 Å². The Balaban J connectivity index is 1.76. The molecule has 0 aromatic carbocycles. The normalized spacial score (nSPS) is 17.2. The van der Waals surface area contributed by atoms with E-state index in [0.29, 0.717) is 13.1 Å². The molecule has 1 N–H and O–H groups in total. The van der Waals surface area contributed by atoms with Gasteiger partial charge in [0, 0.05) is 36.5 Å². The Bertz CT molecular complexity index is 807. The van der Waals surface area contributed by atoms with Crippen LogP contribution in [-0.4, -0.2) is 64.4 Å². The fraction of sp³-hybridized carbons (Fsp3) is 0.500. The van der Waals surface area contributed by atoms with E-state index in [4.69, 9.17) is 4.98 Å². The molecule has 0 aliphatic carbocycles. The van der Waals surface area contributed by atoms with Gasteiger partial charge in [0.1, 0.15) is 17.5 Å². The average Bonchev–Trinajstić information content (AvgIpc) is 2.61. The van der Waals surface area contributed by atoms with Crippen LogP contribution in [0.4, 0.5) is 11.6 Å². The summed E-state index contributed by atoms with van der Waals surface area (Å²) in [5, 5.41) is 3.28. The predicted molar refractivity (Wildman–Crippen MR) is 106 cm³/mol. The first-order valence-corrected chi connectivity index (χ1v) is 9.39. The molecular formula is C20H28N6O. The molecule has 0 unspecified atom stereocenters. The Labute approximate surface area is 160 Å². The molecule has 0 radical (unpaired) electrons. The fourth-order valence-corrected chi connectivity index (χ4v) is 3.37. The largest absolute Gasteiger partial charge is 0.341 e. The predicted octanol–water partition coefficient (Wildman–Crippen LogP) is 2.50. The first-order chi connectivity index (χ1) is 12.9. The van der Waals surface area contributed by atoms with Gasteiger partial charge in [0.15, 0.2) is 0 Å². The molecule has 144 valence electrons.